The van der Waals surface area contributed by atoms with E-state index in [1.54, 1.807) is 6.07 Å². The number of anilines is 2. The number of hydrogen-bond acceptors (Lipinski definition) is 4. The summed E-state index contributed by atoms with van der Waals surface area (Å²) >= 11 is 5.94. The molecule has 104 valence electrons. The maximum Gasteiger partial charge on any atom is 0.337 e. The van der Waals surface area contributed by atoms with Crippen LogP contribution < -0.4 is 11.1 Å². The molecule has 0 amide bonds. The van der Waals surface area contributed by atoms with Gasteiger partial charge in [-0.3, -0.25) is 0 Å². The van der Waals surface area contributed by atoms with Gasteiger partial charge in [0.2, 0.25) is 0 Å². The number of pyridine rings is 1. The van der Waals surface area contributed by atoms with Crippen molar-refractivity contribution in [3.05, 3.63) is 52.7 Å². The fourth-order valence-corrected chi connectivity index (χ4v) is 2.04. The molecule has 6 heteroatoms. The van der Waals surface area contributed by atoms with E-state index in [1.807, 2.05) is 25.1 Å². The Morgan fingerprint density at radius 1 is 1.45 bits per heavy atom. The number of rotatable bonds is 4. The Kier molecular flexibility index (Phi) is 4.10. The van der Waals surface area contributed by atoms with Gasteiger partial charge in [-0.05, 0) is 30.7 Å². The standard InChI is InChI=1S/C14H14ClN3O2/c1-8(9-3-2-4-10(15)7-9)18-13-12(16)11(14(19)20)5-6-17-13/h2-8H,16H2,1H3,(H,17,18)(H,19,20). The summed E-state index contributed by atoms with van der Waals surface area (Å²) < 4.78 is 0. The van der Waals surface area contributed by atoms with Crippen LogP contribution in [0.2, 0.25) is 5.02 Å². The molecule has 2 aromatic rings. The summed E-state index contributed by atoms with van der Waals surface area (Å²) in [7, 11) is 0. The van der Waals surface area contributed by atoms with E-state index in [1.165, 1.54) is 12.3 Å². The van der Waals surface area contributed by atoms with Crippen molar-refractivity contribution < 1.29 is 9.90 Å². The van der Waals surface area contributed by atoms with Crippen molar-refractivity contribution in [2.45, 2.75) is 13.0 Å². The normalized spacial score (nSPS) is 11.9. The number of benzene rings is 1. The topological polar surface area (TPSA) is 88.2 Å². The molecule has 0 aliphatic rings. The number of aromatic carboxylic acids is 1. The second kappa shape index (κ2) is 5.79. The van der Waals surface area contributed by atoms with Crippen molar-refractivity contribution >= 4 is 29.1 Å². The predicted molar refractivity (Wildman–Crippen MR) is 79.1 cm³/mol. The molecule has 0 radical (unpaired) electrons. The van der Waals surface area contributed by atoms with Crippen molar-refractivity contribution in [1.82, 2.24) is 4.98 Å². The molecular formula is C14H14ClN3O2. The number of carboxylic acid groups (broad SMARTS) is 1. The van der Waals surface area contributed by atoms with Crippen LogP contribution >= 0.6 is 11.6 Å². The number of nitrogen functional groups attached to an aromatic ring is 1. The number of aromatic nitrogens is 1. The fraction of sp³-hybridized carbons (Fsp3) is 0.143. The molecular weight excluding hydrogens is 278 g/mol. The predicted octanol–water partition coefficient (Wildman–Crippen LogP) is 3.19. The molecule has 1 unspecified atom stereocenters. The van der Waals surface area contributed by atoms with Crippen LogP contribution in [-0.4, -0.2) is 16.1 Å². The van der Waals surface area contributed by atoms with Gasteiger partial charge in [0.15, 0.2) is 5.82 Å². The van der Waals surface area contributed by atoms with E-state index in [0.29, 0.717) is 10.8 Å². The van der Waals surface area contributed by atoms with E-state index in [2.05, 4.69) is 10.3 Å². The monoisotopic (exact) mass is 291 g/mol. The highest BCUT2D eigenvalue weighted by molar-refractivity contribution is 6.30. The number of nitrogens with two attached hydrogens (primary N) is 1. The summed E-state index contributed by atoms with van der Waals surface area (Å²) in [6.45, 7) is 1.92. The van der Waals surface area contributed by atoms with Crippen LogP contribution in [-0.2, 0) is 0 Å². The molecule has 1 aromatic heterocycles. The van der Waals surface area contributed by atoms with Gasteiger partial charge in [-0.25, -0.2) is 9.78 Å². The van der Waals surface area contributed by atoms with Crippen molar-refractivity contribution in [1.29, 1.82) is 0 Å². The smallest absolute Gasteiger partial charge is 0.337 e. The molecule has 0 saturated heterocycles. The van der Waals surface area contributed by atoms with Gasteiger partial charge in [-0.15, -0.1) is 0 Å². The molecule has 4 N–H and O–H groups in total. The third kappa shape index (κ3) is 3.00. The zero-order chi connectivity index (χ0) is 14.7. The third-order valence-electron chi connectivity index (χ3n) is 2.92. The number of nitrogens with one attached hydrogen (secondary N) is 1. The number of halogens is 1. The Hall–Kier alpha value is -2.27. The first-order chi connectivity index (χ1) is 9.49. The van der Waals surface area contributed by atoms with Crippen LogP contribution in [0.5, 0.6) is 0 Å². The third-order valence-corrected chi connectivity index (χ3v) is 3.16. The first-order valence-corrected chi connectivity index (χ1v) is 6.36. The lowest BCUT2D eigenvalue weighted by atomic mass is 10.1. The van der Waals surface area contributed by atoms with E-state index in [4.69, 9.17) is 22.4 Å². The molecule has 0 fully saturated rings. The maximum atomic E-state index is 11.0. The van der Waals surface area contributed by atoms with Gasteiger partial charge < -0.3 is 16.2 Å². The Morgan fingerprint density at radius 3 is 2.85 bits per heavy atom. The first-order valence-electron chi connectivity index (χ1n) is 5.99. The Morgan fingerprint density at radius 2 is 2.20 bits per heavy atom. The van der Waals surface area contributed by atoms with Gasteiger partial charge in [-0.2, -0.15) is 0 Å². The van der Waals surface area contributed by atoms with Gasteiger partial charge in [0.05, 0.1) is 17.3 Å². The lowest BCUT2D eigenvalue weighted by molar-refractivity contribution is 0.0698. The maximum absolute atomic E-state index is 11.0. The van der Waals surface area contributed by atoms with Gasteiger partial charge in [-0.1, -0.05) is 23.7 Å². The van der Waals surface area contributed by atoms with Gasteiger partial charge in [0.1, 0.15) is 0 Å². The van der Waals surface area contributed by atoms with Crippen LogP contribution in [0.1, 0.15) is 28.9 Å². The molecule has 0 saturated carbocycles. The van der Waals surface area contributed by atoms with Crippen LogP contribution in [0.3, 0.4) is 0 Å². The zero-order valence-corrected chi connectivity index (χ0v) is 11.6. The highest BCUT2D eigenvalue weighted by atomic mass is 35.5. The first kappa shape index (κ1) is 14.1. The molecule has 20 heavy (non-hydrogen) atoms. The number of hydrogen-bond donors (Lipinski definition) is 3. The van der Waals surface area contributed by atoms with E-state index in [0.717, 1.165) is 5.56 Å². The average Bonchev–Trinajstić information content (AvgIpc) is 2.40. The molecule has 0 aliphatic heterocycles. The van der Waals surface area contributed by atoms with Gasteiger partial charge in [0, 0.05) is 11.2 Å². The van der Waals surface area contributed by atoms with Crippen LogP contribution in [0, 0.1) is 0 Å². The second-order valence-corrected chi connectivity index (χ2v) is 4.78. The molecule has 1 atom stereocenters. The quantitative estimate of drug-likeness (QED) is 0.805. The lowest BCUT2D eigenvalue weighted by Crippen LogP contribution is -2.12. The summed E-state index contributed by atoms with van der Waals surface area (Å²) in [5.74, 6) is -0.735. The van der Waals surface area contributed by atoms with Gasteiger partial charge in [0.25, 0.3) is 0 Å². The van der Waals surface area contributed by atoms with Crippen LogP contribution in [0.15, 0.2) is 36.5 Å². The second-order valence-electron chi connectivity index (χ2n) is 4.35. The number of nitrogens with zero attached hydrogens (tertiary/aromatic N) is 1. The van der Waals surface area contributed by atoms with Gasteiger partial charge >= 0.3 is 5.97 Å². The fourth-order valence-electron chi connectivity index (χ4n) is 1.84. The molecule has 0 aliphatic carbocycles. The minimum atomic E-state index is -1.08. The average molecular weight is 292 g/mol. The van der Waals surface area contributed by atoms with E-state index in [-0.39, 0.29) is 17.3 Å². The van der Waals surface area contributed by atoms with Crippen molar-refractivity contribution in [2.24, 2.45) is 0 Å². The SMILES string of the molecule is CC(Nc1nccc(C(=O)O)c1N)c1cccc(Cl)c1. The minimum absolute atomic E-state index is 0.0285. The molecule has 5 nitrogen and oxygen atoms in total. The van der Waals surface area contributed by atoms with Crippen molar-refractivity contribution in [3.63, 3.8) is 0 Å². The molecule has 0 spiro atoms. The van der Waals surface area contributed by atoms with Crippen LogP contribution in [0.25, 0.3) is 0 Å². The molecule has 1 aromatic carbocycles. The molecule has 0 bridgehead atoms. The number of carbonyl (C=O) groups is 1. The Balaban J connectivity index is 2.26. The molecule has 2 rings (SSSR count). The van der Waals surface area contributed by atoms with Crippen molar-refractivity contribution in [3.8, 4) is 0 Å². The van der Waals surface area contributed by atoms with E-state index < -0.39 is 5.97 Å². The van der Waals surface area contributed by atoms with Crippen molar-refractivity contribution in [2.75, 3.05) is 11.1 Å². The van der Waals surface area contributed by atoms with E-state index in [9.17, 15) is 4.79 Å². The highest BCUT2D eigenvalue weighted by Crippen LogP contribution is 2.25. The minimum Gasteiger partial charge on any atom is -0.478 e. The summed E-state index contributed by atoms with van der Waals surface area (Å²) in [5, 5.41) is 12.8. The van der Waals surface area contributed by atoms with Crippen LogP contribution in [0.4, 0.5) is 11.5 Å². The Bertz CT molecular complexity index is 646. The summed E-state index contributed by atoms with van der Waals surface area (Å²) in [4.78, 5) is 15.1. The summed E-state index contributed by atoms with van der Waals surface area (Å²) in [5.41, 5.74) is 6.91. The largest absolute Gasteiger partial charge is 0.478 e. The lowest BCUT2D eigenvalue weighted by Gasteiger charge is -2.17. The molecule has 1 heterocycles. The van der Waals surface area contributed by atoms with E-state index >= 15 is 0 Å². The Labute approximate surface area is 121 Å². The summed E-state index contributed by atoms with van der Waals surface area (Å²) in [6, 6.07) is 8.65. The zero-order valence-electron chi connectivity index (χ0n) is 10.8. The number of carboxylic acids is 1. The summed E-state index contributed by atoms with van der Waals surface area (Å²) in [6.07, 6.45) is 1.41. The highest BCUT2D eigenvalue weighted by Gasteiger charge is 2.14.